The molecule has 1 N–H and O–H groups in total. The van der Waals surface area contributed by atoms with E-state index in [9.17, 15) is 18.0 Å². The maximum absolute atomic E-state index is 13.6. The summed E-state index contributed by atoms with van der Waals surface area (Å²) in [4.78, 5) is 21.6. The van der Waals surface area contributed by atoms with Gasteiger partial charge in [0.05, 0.1) is 11.3 Å². The molecule has 1 aliphatic heterocycles. The summed E-state index contributed by atoms with van der Waals surface area (Å²) >= 11 is 0. The summed E-state index contributed by atoms with van der Waals surface area (Å²) in [6.07, 6.45) is -2.66. The number of anilines is 1. The van der Waals surface area contributed by atoms with Crippen LogP contribution in [0.15, 0.2) is 47.1 Å². The molecule has 0 aliphatic carbocycles. The fourth-order valence-electron chi connectivity index (χ4n) is 3.43. The van der Waals surface area contributed by atoms with Crippen molar-refractivity contribution in [2.24, 2.45) is 0 Å². The Morgan fingerprint density at radius 1 is 1.23 bits per heavy atom. The van der Waals surface area contributed by atoms with Crippen molar-refractivity contribution in [3.63, 3.8) is 0 Å². The van der Waals surface area contributed by atoms with Gasteiger partial charge in [-0.05, 0) is 12.5 Å². The number of carbonyl (C=O) groups excluding carboxylic acids is 1. The second-order valence-corrected chi connectivity index (χ2v) is 6.96. The molecule has 0 bridgehead atoms. The SMILES string of the molecule is CC(=O)N1CC[C@@H](Nc2nccc(-c3c(-c4ccccc4)noc3C(F)(F)F)n2)C1. The van der Waals surface area contributed by atoms with Gasteiger partial charge in [-0.3, -0.25) is 4.79 Å². The molecule has 156 valence electrons. The van der Waals surface area contributed by atoms with E-state index in [1.54, 1.807) is 35.2 Å². The van der Waals surface area contributed by atoms with E-state index in [0.717, 1.165) is 0 Å². The first-order valence-electron chi connectivity index (χ1n) is 9.30. The summed E-state index contributed by atoms with van der Waals surface area (Å²) < 4.78 is 45.4. The van der Waals surface area contributed by atoms with Gasteiger partial charge in [0.15, 0.2) is 0 Å². The van der Waals surface area contributed by atoms with Crippen molar-refractivity contribution < 1.29 is 22.5 Å². The number of aromatic nitrogens is 3. The van der Waals surface area contributed by atoms with Crippen LogP contribution in [-0.4, -0.2) is 45.1 Å². The third-order valence-corrected chi connectivity index (χ3v) is 4.88. The molecular weight excluding hydrogens is 399 g/mol. The Hall–Kier alpha value is -3.43. The molecule has 1 fully saturated rings. The Morgan fingerprint density at radius 3 is 2.67 bits per heavy atom. The summed E-state index contributed by atoms with van der Waals surface area (Å²) in [6, 6.07) is 9.77. The topological polar surface area (TPSA) is 84.2 Å². The first-order chi connectivity index (χ1) is 14.3. The second-order valence-electron chi connectivity index (χ2n) is 6.96. The number of nitrogens with zero attached hydrogens (tertiary/aromatic N) is 4. The van der Waals surface area contributed by atoms with Gasteiger partial charge in [0.2, 0.25) is 17.6 Å². The Balaban J connectivity index is 1.70. The van der Waals surface area contributed by atoms with Crippen molar-refractivity contribution in [1.82, 2.24) is 20.0 Å². The molecule has 1 amide bonds. The van der Waals surface area contributed by atoms with Gasteiger partial charge < -0.3 is 14.7 Å². The smallest absolute Gasteiger partial charge is 0.350 e. The van der Waals surface area contributed by atoms with Crippen molar-refractivity contribution in [3.05, 3.63) is 48.4 Å². The van der Waals surface area contributed by atoms with Crippen LogP contribution in [0.25, 0.3) is 22.5 Å². The van der Waals surface area contributed by atoms with Crippen molar-refractivity contribution in [2.75, 3.05) is 18.4 Å². The van der Waals surface area contributed by atoms with Crippen molar-refractivity contribution in [1.29, 1.82) is 0 Å². The molecule has 3 heterocycles. The fraction of sp³-hybridized carbons (Fsp3) is 0.300. The van der Waals surface area contributed by atoms with Gasteiger partial charge in [0.25, 0.3) is 0 Å². The quantitative estimate of drug-likeness (QED) is 0.694. The molecule has 0 radical (unpaired) electrons. The molecule has 30 heavy (non-hydrogen) atoms. The van der Waals surface area contributed by atoms with Crippen molar-refractivity contribution >= 4 is 11.9 Å². The monoisotopic (exact) mass is 417 g/mol. The lowest BCUT2D eigenvalue weighted by Crippen LogP contribution is -2.30. The molecule has 7 nitrogen and oxygen atoms in total. The number of hydrogen-bond donors (Lipinski definition) is 1. The van der Waals surface area contributed by atoms with Crippen LogP contribution in [-0.2, 0) is 11.0 Å². The number of hydrogen-bond acceptors (Lipinski definition) is 6. The maximum atomic E-state index is 13.6. The standard InChI is InChI=1S/C20H18F3N5O2/c1-12(29)28-10-8-14(11-28)25-19-24-9-7-15(26-19)16-17(13-5-3-2-4-6-13)27-30-18(16)20(21,22)23/h2-7,9,14H,8,10-11H2,1H3,(H,24,25,26)/t14-/m1/s1. The number of amides is 1. The van der Waals surface area contributed by atoms with Crippen LogP contribution in [0.2, 0.25) is 0 Å². The van der Waals surface area contributed by atoms with Gasteiger partial charge in [-0.1, -0.05) is 35.5 Å². The maximum Gasteiger partial charge on any atom is 0.453 e. The molecule has 1 saturated heterocycles. The highest BCUT2D eigenvalue weighted by atomic mass is 19.4. The summed E-state index contributed by atoms with van der Waals surface area (Å²) in [5.41, 5.74) is 0.334. The van der Waals surface area contributed by atoms with Crippen molar-refractivity contribution in [2.45, 2.75) is 25.6 Å². The van der Waals surface area contributed by atoms with E-state index in [0.29, 0.717) is 25.1 Å². The minimum absolute atomic E-state index is 0.0271. The predicted molar refractivity (Wildman–Crippen MR) is 102 cm³/mol. The largest absolute Gasteiger partial charge is 0.453 e. The lowest BCUT2D eigenvalue weighted by Gasteiger charge is -2.15. The number of nitrogens with one attached hydrogen (secondary N) is 1. The van der Waals surface area contributed by atoms with E-state index in [-0.39, 0.29) is 34.8 Å². The van der Waals surface area contributed by atoms with Crippen LogP contribution in [0.3, 0.4) is 0 Å². The van der Waals surface area contributed by atoms with Crippen LogP contribution < -0.4 is 5.32 Å². The molecule has 3 aromatic rings. The van der Waals surface area contributed by atoms with Crippen LogP contribution in [0.4, 0.5) is 19.1 Å². The van der Waals surface area contributed by atoms with Gasteiger partial charge in [-0.2, -0.15) is 13.2 Å². The summed E-state index contributed by atoms with van der Waals surface area (Å²) in [7, 11) is 0. The molecule has 2 aromatic heterocycles. The Bertz CT molecular complexity index is 1050. The fourth-order valence-corrected chi connectivity index (χ4v) is 3.43. The highest BCUT2D eigenvalue weighted by molar-refractivity contribution is 5.80. The van der Waals surface area contributed by atoms with Crippen molar-refractivity contribution in [3.8, 4) is 22.5 Å². The zero-order valence-corrected chi connectivity index (χ0v) is 16.0. The molecule has 1 aromatic carbocycles. The molecule has 1 atom stereocenters. The molecule has 1 aliphatic rings. The minimum atomic E-state index is -4.73. The molecular formula is C20H18F3N5O2. The highest BCUT2D eigenvalue weighted by Gasteiger charge is 2.41. The molecule has 0 spiro atoms. The molecule has 10 heteroatoms. The normalized spacial score (nSPS) is 16.7. The number of carbonyl (C=O) groups is 1. The molecule has 4 rings (SSSR count). The summed E-state index contributed by atoms with van der Waals surface area (Å²) in [5, 5.41) is 6.77. The molecule has 0 unspecified atom stereocenters. The average Bonchev–Trinajstić information content (AvgIpc) is 3.36. The van der Waals surface area contributed by atoms with Gasteiger partial charge in [-0.15, -0.1) is 0 Å². The van der Waals surface area contributed by atoms with E-state index in [1.165, 1.54) is 19.2 Å². The van der Waals surface area contributed by atoms with E-state index < -0.39 is 11.9 Å². The predicted octanol–water partition coefficient (Wildman–Crippen LogP) is 3.85. The number of halogens is 3. The summed E-state index contributed by atoms with van der Waals surface area (Å²) in [5.74, 6) is -1.06. The van der Waals surface area contributed by atoms with Gasteiger partial charge >= 0.3 is 6.18 Å². The zero-order chi connectivity index (χ0) is 21.3. The Kier molecular flexibility index (Phi) is 5.15. The Morgan fingerprint density at radius 2 is 2.00 bits per heavy atom. The number of likely N-dealkylation sites (tertiary alicyclic amines) is 1. The van der Waals surface area contributed by atoms with Gasteiger partial charge in [0.1, 0.15) is 5.69 Å². The summed E-state index contributed by atoms with van der Waals surface area (Å²) in [6.45, 7) is 2.59. The number of alkyl halides is 3. The Labute approximate surface area is 169 Å². The first-order valence-corrected chi connectivity index (χ1v) is 9.30. The van der Waals surface area contributed by atoms with E-state index in [2.05, 4.69) is 25.0 Å². The third-order valence-electron chi connectivity index (χ3n) is 4.88. The van der Waals surface area contributed by atoms with Crippen LogP contribution >= 0.6 is 0 Å². The zero-order valence-electron chi connectivity index (χ0n) is 16.0. The first kappa shape index (κ1) is 19.9. The van der Waals surface area contributed by atoms with Crippen LogP contribution in [0.1, 0.15) is 19.1 Å². The average molecular weight is 417 g/mol. The van der Waals surface area contributed by atoms with Crippen LogP contribution in [0, 0.1) is 0 Å². The molecule has 0 saturated carbocycles. The van der Waals surface area contributed by atoms with Gasteiger partial charge in [0, 0.05) is 37.8 Å². The third kappa shape index (κ3) is 3.98. The lowest BCUT2D eigenvalue weighted by molar-refractivity contribution is -0.155. The van der Waals surface area contributed by atoms with Crippen LogP contribution in [0.5, 0.6) is 0 Å². The number of benzene rings is 1. The number of rotatable bonds is 4. The van der Waals surface area contributed by atoms with E-state index in [4.69, 9.17) is 0 Å². The second kappa shape index (κ2) is 7.77. The van der Waals surface area contributed by atoms with Gasteiger partial charge in [-0.25, -0.2) is 9.97 Å². The van der Waals surface area contributed by atoms with E-state index in [1.807, 2.05) is 0 Å². The van der Waals surface area contributed by atoms with E-state index >= 15 is 0 Å². The minimum Gasteiger partial charge on any atom is -0.350 e. The highest BCUT2D eigenvalue weighted by Crippen LogP contribution is 2.42. The lowest BCUT2D eigenvalue weighted by atomic mass is 10.0.